The third-order valence-electron chi connectivity index (χ3n) is 12.1. The molecule has 1 saturated heterocycles. The quantitative estimate of drug-likeness (QED) is 0.0552. The molecule has 3 fully saturated rings. The van der Waals surface area contributed by atoms with Crippen molar-refractivity contribution >= 4 is 34.8 Å². The van der Waals surface area contributed by atoms with Crippen molar-refractivity contribution in [1.82, 2.24) is 40.9 Å². The van der Waals surface area contributed by atoms with Gasteiger partial charge >= 0.3 is 264 Å². The molecule has 3 N–H and O–H groups in total. The number of carbonyl (C=O) groups is 3. The van der Waals surface area contributed by atoms with E-state index in [0.717, 1.165) is 81.2 Å². The second-order valence-corrected chi connectivity index (χ2v) is 20.6. The number of nitrogens with zero attached hydrogens (tertiary/aromatic N) is 6. The number of pyridine rings is 1. The molecule has 1 aromatic carbocycles. The van der Waals surface area contributed by atoms with Gasteiger partial charge in [0.2, 0.25) is 5.91 Å². The molecule has 4 aliphatic rings. The number of oxazole rings is 1. The number of aliphatic imine (C=N–C) groups is 1. The molecule has 3 atom stereocenters. The third-order valence-corrected chi connectivity index (χ3v) is 16.6. The van der Waals surface area contributed by atoms with Crippen molar-refractivity contribution in [3.05, 3.63) is 97.9 Å². The van der Waals surface area contributed by atoms with Gasteiger partial charge in [-0.2, -0.15) is 0 Å². The normalized spacial score (nSPS) is 22.5. The fourth-order valence-electron chi connectivity index (χ4n) is 8.63. The number of likely N-dealkylation sites (tertiary alicyclic amines) is 1. The first kappa shape index (κ1) is 42.2. The Hall–Kier alpha value is -4.52. The summed E-state index contributed by atoms with van der Waals surface area (Å²) in [4.78, 5) is 60.5. The van der Waals surface area contributed by atoms with Gasteiger partial charge in [0, 0.05) is 18.0 Å². The van der Waals surface area contributed by atoms with Crippen LogP contribution in [0.4, 0.5) is 0 Å². The molecule has 14 nitrogen and oxygen atoms in total. The van der Waals surface area contributed by atoms with Crippen LogP contribution in [-0.2, 0) is 9.59 Å². The second-order valence-electron chi connectivity index (χ2n) is 16.1. The minimum absolute atomic E-state index is 0.0321. The molecule has 8 rings (SSSR count). The van der Waals surface area contributed by atoms with Crippen molar-refractivity contribution < 1.29 is 45.1 Å². The third kappa shape index (κ3) is 9.82. The van der Waals surface area contributed by atoms with E-state index in [1.165, 1.54) is 21.2 Å². The Morgan fingerprint density at radius 1 is 1.00 bits per heavy atom. The number of amides is 2. The molecular formula is C44H52IN9O5S-2. The number of likely N-dealkylation sites (N-methyl/N-ethyl adjacent to an activating group) is 1. The van der Waals surface area contributed by atoms with E-state index < -0.39 is 18.0 Å². The van der Waals surface area contributed by atoms with Crippen molar-refractivity contribution in [3.8, 4) is 11.5 Å². The zero-order chi connectivity index (χ0) is 41.6. The number of hydrogen-bond acceptors (Lipinski definition) is 13. The van der Waals surface area contributed by atoms with E-state index in [1.807, 2.05) is 28.6 Å². The van der Waals surface area contributed by atoms with E-state index >= 15 is 0 Å². The van der Waals surface area contributed by atoms with E-state index in [9.17, 15) is 19.5 Å². The molecule has 4 aromatic rings. The van der Waals surface area contributed by atoms with Crippen LogP contribution < -0.4 is 42.4 Å². The standard InChI is InChI=1S/C44H53IN9O5S/c1-27(46-2)40(56)52-38(28-8-4-3-5-9-28)44(58)53-21-7-12-37(53)43-51-36(26-60-43)39(55)30-10-6-11-32(22-30)45-31-13-15-34(16-14-31)54-24-33(23-48-54)49-41(57)35-25-59-42(50-35)29-17-19-47-20-18-29/h6,10-11,17-20,22,24-28,31,34,37-38,46,48H,3-5,7-9,12-16,21,23H2,1-2H3,(H,49,57)(H,52,56)/q-1/p-1/t27-,31?,34?,37-,38-/m0/s1. The van der Waals surface area contributed by atoms with E-state index in [0.29, 0.717) is 45.9 Å². The Kier molecular flexibility index (Phi) is 13.7. The number of aromatic nitrogens is 3. The summed E-state index contributed by atoms with van der Waals surface area (Å²) in [5.41, 5.74) is 6.03. The Balaban J connectivity index is 0.851. The second kappa shape index (κ2) is 19.5. The molecule has 0 radical (unpaired) electrons. The number of thiazole rings is 1. The summed E-state index contributed by atoms with van der Waals surface area (Å²) in [5.74, 6) is -0.255. The van der Waals surface area contributed by atoms with Crippen LogP contribution in [0.2, 0.25) is 0 Å². The smallest absolute Gasteiger partial charge is 0.0533 e. The minimum Gasteiger partial charge on any atom is -0.0533 e. The van der Waals surface area contributed by atoms with Crippen molar-refractivity contribution in [3.63, 3.8) is 0 Å². The van der Waals surface area contributed by atoms with Crippen LogP contribution >= 0.6 is 11.3 Å². The number of carbonyl (C=O) groups excluding carboxylic acids is 3. The summed E-state index contributed by atoms with van der Waals surface area (Å²) < 4.78 is 7.35. The number of halogens is 1. The van der Waals surface area contributed by atoms with Crippen molar-refractivity contribution in [2.45, 2.75) is 106 Å². The predicted octanol–water partition coefficient (Wildman–Crippen LogP) is 1.80. The van der Waals surface area contributed by atoms with E-state index in [4.69, 9.17) is 9.40 Å². The number of hydrazine groups is 1. The number of nitrogens with one attached hydrogen (secondary N) is 3. The monoisotopic (exact) mass is 945 g/mol. The molecule has 2 aliphatic heterocycles. The van der Waals surface area contributed by atoms with Crippen LogP contribution in [0.3, 0.4) is 0 Å². The molecule has 3 aromatic heterocycles. The van der Waals surface area contributed by atoms with Gasteiger partial charge in [0.05, 0.1) is 6.04 Å². The average Bonchev–Trinajstić information content (AvgIpc) is 4.14. The first-order chi connectivity index (χ1) is 29.2. The van der Waals surface area contributed by atoms with Gasteiger partial charge in [0.15, 0.2) is 0 Å². The predicted molar refractivity (Wildman–Crippen MR) is 222 cm³/mol. The van der Waals surface area contributed by atoms with Crippen LogP contribution in [0.15, 0.2) is 81.7 Å². The Morgan fingerprint density at radius 2 is 1.80 bits per heavy atom. The van der Waals surface area contributed by atoms with Gasteiger partial charge in [0.25, 0.3) is 0 Å². The Bertz CT molecular complexity index is 2200. The van der Waals surface area contributed by atoms with Gasteiger partial charge in [-0.15, -0.1) is 0 Å². The first-order valence-electron chi connectivity index (χ1n) is 21.1. The molecule has 2 amide bonds. The fourth-order valence-corrected chi connectivity index (χ4v) is 12.9. The number of hydrogen-bond donors (Lipinski definition) is 3. The van der Waals surface area contributed by atoms with Gasteiger partial charge in [-0.1, -0.05) is 19.3 Å². The number of alkyl halides is 1. The van der Waals surface area contributed by atoms with Crippen LogP contribution in [0.5, 0.6) is 0 Å². The maximum absolute atomic E-state index is 14.2. The van der Waals surface area contributed by atoms with Crippen molar-refractivity contribution in [2.24, 2.45) is 10.9 Å². The van der Waals surface area contributed by atoms with E-state index in [2.05, 4.69) is 48.2 Å². The van der Waals surface area contributed by atoms with Crippen LogP contribution in [0.1, 0.15) is 110 Å². The molecule has 0 spiro atoms. The van der Waals surface area contributed by atoms with Crippen LogP contribution in [0.25, 0.3) is 11.5 Å². The molecule has 0 bridgehead atoms. The summed E-state index contributed by atoms with van der Waals surface area (Å²) >= 11 is 1.12. The van der Waals surface area contributed by atoms with Gasteiger partial charge in [-0.05, 0) is 38.9 Å². The van der Waals surface area contributed by atoms with Crippen molar-refractivity contribution in [1.29, 1.82) is 0 Å². The number of ketones is 1. The number of rotatable bonds is 14. The van der Waals surface area contributed by atoms with E-state index in [1.54, 1.807) is 38.5 Å². The van der Waals surface area contributed by atoms with Gasteiger partial charge in [0.1, 0.15) is 0 Å². The van der Waals surface area contributed by atoms with Crippen LogP contribution in [0, 0.1) is 9.49 Å². The molecule has 0 unspecified atom stereocenters. The SMILES string of the molecule is CN[C@@H](C)C(=O)N[C@H](C(=O)N1CCC[C@H]1c1nc(C(=O)c2cccc([I-]C3CCC(N4C=C(N=C([O-])c5coc(-c6ccncc6)n5)CN4)CC3)c2)cs1)C1CCCCC1. The topological polar surface area (TPSA) is 181 Å². The summed E-state index contributed by atoms with van der Waals surface area (Å²) in [7, 11) is 1.75. The summed E-state index contributed by atoms with van der Waals surface area (Å²) in [5, 5.41) is 23.7. The summed E-state index contributed by atoms with van der Waals surface area (Å²) in [6, 6.07) is 10.8. The minimum atomic E-state index is -0.559. The summed E-state index contributed by atoms with van der Waals surface area (Å²) in [6.45, 7) is 2.90. The zero-order valence-electron chi connectivity index (χ0n) is 34.0. The van der Waals surface area contributed by atoms with Crippen LogP contribution in [-0.4, -0.2) is 90.5 Å². The molecule has 318 valence electrons. The van der Waals surface area contributed by atoms with Crippen molar-refractivity contribution in [2.75, 3.05) is 20.1 Å². The maximum atomic E-state index is 14.2. The van der Waals surface area contributed by atoms with Gasteiger partial charge in [-0.25, -0.2) is 0 Å². The first-order valence-corrected chi connectivity index (χ1v) is 24.3. The van der Waals surface area contributed by atoms with Gasteiger partial charge in [-0.3, -0.25) is 9.78 Å². The Morgan fingerprint density at radius 3 is 2.58 bits per heavy atom. The average molecular weight is 946 g/mol. The molecule has 5 heterocycles. The zero-order valence-corrected chi connectivity index (χ0v) is 37.0. The molecule has 2 saturated carbocycles. The molecule has 16 heteroatoms. The molecule has 2 aliphatic carbocycles. The van der Waals surface area contributed by atoms with E-state index in [-0.39, 0.29) is 56.5 Å². The number of benzene rings is 1. The molecule has 60 heavy (non-hydrogen) atoms. The van der Waals surface area contributed by atoms with Gasteiger partial charge < -0.3 is 5.32 Å². The summed E-state index contributed by atoms with van der Waals surface area (Å²) in [6.07, 6.45) is 17.6. The Labute approximate surface area is 365 Å². The molecular weight excluding hydrogens is 894 g/mol. The fraction of sp³-hybridized carbons (Fsp3) is 0.477.